The summed E-state index contributed by atoms with van der Waals surface area (Å²) in [5.74, 6) is 0. The molecule has 1 heterocycles. The van der Waals surface area contributed by atoms with E-state index in [9.17, 15) is 0 Å². The second-order valence-corrected chi connectivity index (χ2v) is 10.0. The minimum absolute atomic E-state index is 0.120. The quantitative estimate of drug-likeness (QED) is 0.258. The first-order valence-corrected chi connectivity index (χ1v) is 13.4. The predicted molar refractivity (Wildman–Crippen MR) is 141 cm³/mol. The molecule has 3 aromatic carbocycles. The zero-order valence-electron chi connectivity index (χ0n) is 20.6. The third kappa shape index (κ3) is 7.66. The molecule has 3 aromatic rings. The molecule has 0 N–H and O–H groups in total. The van der Waals surface area contributed by atoms with Crippen LogP contribution in [0.4, 0.5) is 0 Å². The van der Waals surface area contributed by atoms with Crippen molar-refractivity contribution in [2.45, 2.75) is 74.7 Å². The second kappa shape index (κ2) is 13.8. The van der Waals surface area contributed by atoms with Gasteiger partial charge in [-0.05, 0) is 36.6 Å². The molecule has 1 aliphatic heterocycles. The Kier molecular flexibility index (Phi) is 10.2. The van der Waals surface area contributed by atoms with Gasteiger partial charge < -0.3 is 18.9 Å². The summed E-state index contributed by atoms with van der Waals surface area (Å²) in [4.78, 5) is 1.14. The molecule has 1 saturated heterocycles. The Labute approximate surface area is 213 Å². The fraction of sp³-hybridized carbons (Fsp3) is 0.400. The van der Waals surface area contributed by atoms with E-state index in [0.29, 0.717) is 19.8 Å². The lowest BCUT2D eigenvalue weighted by Crippen LogP contribution is -2.58. The van der Waals surface area contributed by atoms with E-state index in [-0.39, 0.29) is 29.9 Å². The molecule has 0 saturated carbocycles. The average molecular weight is 493 g/mol. The summed E-state index contributed by atoms with van der Waals surface area (Å²) in [6.07, 6.45) is 1.20. The molecule has 0 unspecified atom stereocenters. The van der Waals surface area contributed by atoms with Gasteiger partial charge in [-0.1, -0.05) is 104 Å². The fourth-order valence-electron chi connectivity index (χ4n) is 4.19. The van der Waals surface area contributed by atoms with E-state index in [1.54, 1.807) is 11.8 Å². The van der Waals surface area contributed by atoms with Gasteiger partial charge in [0.05, 0.1) is 19.3 Å². The Hall–Kier alpha value is -2.15. The summed E-state index contributed by atoms with van der Waals surface area (Å²) < 4.78 is 26.1. The van der Waals surface area contributed by atoms with E-state index < -0.39 is 0 Å². The third-order valence-electron chi connectivity index (χ3n) is 6.10. The Morgan fingerprint density at radius 2 is 1.23 bits per heavy atom. The molecule has 5 atom stereocenters. The average Bonchev–Trinajstić information content (AvgIpc) is 2.90. The highest BCUT2D eigenvalue weighted by atomic mass is 32.2. The first kappa shape index (κ1) is 25.9. The van der Waals surface area contributed by atoms with Gasteiger partial charge in [-0.25, -0.2) is 0 Å². The van der Waals surface area contributed by atoms with Crippen molar-refractivity contribution in [3.63, 3.8) is 0 Å². The Morgan fingerprint density at radius 3 is 1.80 bits per heavy atom. The van der Waals surface area contributed by atoms with Gasteiger partial charge in [-0.3, -0.25) is 0 Å². The van der Waals surface area contributed by atoms with E-state index in [1.807, 2.05) is 42.5 Å². The predicted octanol–water partition coefficient (Wildman–Crippen LogP) is 6.88. The molecule has 0 bridgehead atoms. The summed E-state index contributed by atoms with van der Waals surface area (Å²) in [6.45, 7) is 5.93. The van der Waals surface area contributed by atoms with Crippen LogP contribution in [0.1, 0.15) is 37.8 Å². The van der Waals surface area contributed by atoms with Crippen molar-refractivity contribution >= 4 is 11.8 Å². The van der Waals surface area contributed by atoms with Crippen molar-refractivity contribution in [2.24, 2.45) is 0 Å². The van der Waals surface area contributed by atoms with Crippen LogP contribution in [-0.4, -0.2) is 36.5 Å². The molecule has 0 aliphatic carbocycles. The number of thioether (sulfide) groups is 1. The van der Waals surface area contributed by atoms with Gasteiger partial charge in [0.15, 0.2) is 0 Å². The maximum Gasteiger partial charge on any atom is 0.136 e. The lowest BCUT2D eigenvalue weighted by atomic mass is 9.99. The second-order valence-electron chi connectivity index (χ2n) is 8.85. The first-order chi connectivity index (χ1) is 17.2. The van der Waals surface area contributed by atoms with E-state index in [2.05, 4.69) is 62.4 Å². The van der Waals surface area contributed by atoms with Crippen LogP contribution in [0, 0.1) is 0 Å². The molecular formula is C30H36O4S. The van der Waals surface area contributed by atoms with E-state index in [1.165, 1.54) is 0 Å². The molecule has 1 fully saturated rings. The Bertz CT molecular complexity index is 969. The third-order valence-corrected chi connectivity index (χ3v) is 7.26. The number of ether oxygens (including phenoxy) is 4. The van der Waals surface area contributed by atoms with E-state index in [4.69, 9.17) is 18.9 Å². The highest BCUT2D eigenvalue weighted by Gasteiger charge is 2.47. The topological polar surface area (TPSA) is 36.9 Å². The van der Waals surface area contributed by atoms with Crippen LogP contribution in [0.15, 0.2) is 95.9 Å². The minimum Gasteiger partial charge on any atom is -0.373 e. The molecule has 5 heteroatoms. The lowest BCUT2D eigenvalue weighted by Gasteiger charge is -2.45. The number of rotatable bonds is 12. The van der Waals surface area contributed by atoms with Gasteiger partial charge >= 0.3 is 0 Å². The number of unbranched alkanes of at least 4 members (excludes halogenated alkanes) is 1. The van der Waals surface area contributed by atoms with Gasteiger partial charge in [0.1, 0.15) is 23.7 Å². The van der Waals surface area contributed by atoms with Crippen LogP contribution >= 0.6 is 11.8 Å². The van der Waals surface area contributed by atoms with Crippen molar-refractivity contribution in [3.05, 3.63) is 102 Å². The molecule has 0 spiro atoms. The molecule has 35 heavy (non-hydrogen) atoms. The smallest absolute Gasteiger partial charge is 0.136 e. The van der Waals surface area contributed by atoms with Crippen LogP contribution in [-0.2, 0) is 32.2 Å². The zero-order valence-corrected chi connectivity index (χ0v) is 21.4. The normalized spacial score (nSPS) is 24.3. The highest BCUT2D eigenvalue weighted by Crippen LogP contribution is 2.37. The molecule has 0 radical (unpaired) electrons. The molecule has 1 aliphatic rings. The Morgan fingerprint density at radius 1 is 0.686 bits per heavy atom. The van der Waals surface area contributed by atoms with Crippen LogP contribution < -0.4 is 0 Å². The van der Waals surface area contributed by atoms with Crippen LogP contribution in [0.25, 0.3) is 0 Å². The van der Waals surface area contributed by atoms with Crippen molar-refractivity contribution in [1.82, 2.24) is 0 Å². The summed E-state index contributed by atoms with van der Waals surface area (Å²) in [5.41, 5.74) is 2.04. The monoisotopic (exact) mass is 492 g/mol. The molecule has 4 rings (SSSR count). The van der Waals surface area contributed by atoms with Crippen LogP contribution in [0.2, 0.25) is 0 Å². The van der Waals surface area contributed by atoms with Crippen molar-refractivity contribution < 1.29 is 18.9 Å². The number of benzene rings is 3. The standard InChI is InChI=1S/C30H36O4S/c1-3-4-20-31-27-23(2)34-30(35-26-18-12-7-13-19-26)29(33-22-25-16-10-6-11-17-25)28(27)32-21-24-14-8-5-9-15-24/h5-19,23,27-30H,3-4,20-22H2,1-2H3/t23-,27-,28+,29-,30+/m1/s1. The van der Waals surface area contributed by atoms with Crippen LogP contribution in [0.3, 0.4) is 0 Å². The summed E-state index contributed by atoms with van der Waals surface area (Å²) in [7, 11) is 0. The van der Waals surface area contributed by atoms with E-state index >= 15 is 0 Å². The molecular weight excluding hydrogens is 456 g/mol. The minimum atomic E-state index is -0.299. The van der Waals surface area contributed by atoms with Gasteiger partial charge in [-0.15, -0.1) is 0 Å². The summed E-state index contributed by atoms with van der Waals surface area (Å²) in [5, 5.41) is 0. The summed E-state index contributed by atoms with van der Waals surface area (Å²) in [6, 6.07) is 30.9. The largest absolute Gasteiger partial charge is 0.373 e. The zero-order chi connectivity index (χ0) is 24.3. The van der Waals surface area contributed by atoms with Crippen LogP contribution in [0.5, 0.6) is 0 Å². The lowest BCUT2D eigenvalue weighted by molar-refractivity contribution is -0.240. The SMILES string of the molecule is CCCCO[C@H]1[C@H](OCc2ccccc2)[C@@H](OCc2ccccc2)[C@H](Sc2ccccc2)O[C@@H]1C. The first-order valence-electron chi connectivity index (χ1n) is 12.5. The van der Waals surface area contributed by atoms with Crippen molar-refractivity contribution in [2.75, 3.05) is 6.61 Å². The Balaban J connectivity index is 1.58. The van der Waals surface area contributed by atoms with Gasteiger partial charge in [0.25, 0.3) is 0 Å². The molecule has 0 amide bonds. The van der Waals surface area contributed by atoms with Gasteiger partial charge in [0.2, 0.25) is 0 Å². The molecule has 0 aromatic heterocycles. The maximum atomic E-state index is 6.61. The highest BCUT2D eigenvalue weighted by molar-refractivity contribution is 7.99. The van der Waals surface area contributed by atoms with Gasteiger partial charge in [-0.2, -0.15) is 0 Å². The molecule has 4 nitrogen and oxygen atoms in total. The number of hydrogen-bond acceptors (Lipinski definition) is 5. The van der Waals surface area contributed by atoms with Crippen molar-refractivity contribution in [3.8, 4) is 0 Å². The molecule has 186 valence electrons. The van der Waals surface area contributed by atoms with E-state index in [0.717, 1.165) is 28.9 Å². The maximum absolute atomic E-state index is 6.61. The number of hydrogen-bond donors (Lipinski definition) is 0. The summed E-state index contributed by atoms with van der Waals surface area (Å²) >= 11 is 1.68. The van der Waals surface area contributed by atoms with Gasteiger partial charge in [0, 0.05) is 11.5 Å². The van der Waals surface area contributed by atoms with Crippen molar-refractivity contribution in [1.29, 1.82) is 0 Å². The fourth-order valence-corrected chi connectivity index (χ4v) is 5.37.